The Morgan fingerprint density at radius 1 is 1.31 bits per heavy atom. The molecule has 0 aliphatic heterocycles. The molecule has 1 rings (SSSR count). The zero-order valence-electron chi connectivity index (χ0n) is 7.62. The zero-order valence-corrected chi connectivity index (χ0v) is 8.38. The second-order valence-electron chi connectivity index (χ2n) is 2.76. The first-order valence-corrected chi connectivity index (χ1v) is 4.34. The van der Waals surface area contributed by atoms with Crippen LogP contribution in [0.25, 0.3) is 5.53 Å². The number of halogens is 4. The molecule has 0 radical (unpaired) electrons. The van der Waals surface area contributed by atoms with Crippen LogP contribution in [0, 0.1) is 0 Å². The number of hydrogen-bond donors (Lipinski definition) is 0. The van der Waals surface area contributed by atoms with Crippen molar-refractivity contribution < 1.29 is 22.8 Å². The monoisotopic (exact) mass is 248 g/mol. The molecular weight excluding hydrogens is 245 g/mol. The van der Waals surface area contributed by atoms with Crippen molar-refractivity contribution in [3.05, 3.63) is 40.4 Å². The van der Waals surface area contributed by atoms with Crippen molar-refractivity contribution >= 4 is 23.1 Å². The Hall–Kier alpha value is -1.65. The summed E-state index contributed by atoms with van der Waals surface area (Å²) in [4.78, 5) is 13.3. The van der Waals surface area contributed by atoms with E-state index in [0.717, 1.165) is 6.07 Å². The van der Waals surface area contributed by atoms with Crippen LogP contribution in [0.15, 0.2) is 24.3 Å². The van der Waals surface area contributed by atoms with E-state index in [1.165, 1.54) is 18.2 Å². The fraction of sp³-hybridized carbons (Fsp3) is 0.111. The van der Waals surface area contributed by atoms with Gasteiger partial charge in [-0.1, -0.05) is 23.7 Å². The maximum absolute atomic E-state index is 12.2. The molecule has 0 aromatic heterocycles. The molecule has 0 aliphatic carbocycles. The second kappa shape index (κ2) is 4.47. The van der Waals surface area contributed by atoms with Gasteiger partial charge in [0, 0.05) is 5.56 Å². The molecule has 0 spiro atoms. The van der Waals surface area contributed by atoms with Crippen LogP contribution in [0.4, 0.5) is 13.2 Å². The summed E-state index contributed by atoms with van der Waals surface area (Å²) in [6.07, 6.45) is -5.02. The molecule has 16 heavy (non-hydrogen) atoms. The van der Waals surface area contributed by atoms with Crippen molar-refractivity contribution in [3.8, 4) is 0 Å². The summed E-state index contributed by atoms with van der Waals surface area (Å²) >= 11 is 5.55. The molecule has 1 aromatic rings. The van der Waals surface area contributed by atoms with Gasteiger partial charge in [-0.3, -0.25) is 4.79 Å². The number of alkyl halides is 3. The highest BCUT2D eigenvalue weighted by molar-refractivity contribution is 6.49. The minimum Gasteiger partial charge on any atom is -0.361 e. The molecule has 0 aliphatic rings. The van der Waals surface area contributed by atoms with Crippen LogP contribution in [-0.2, 0) is 0 Å². The number of carbonyl (C=O) groups is 1. The minimum atomic E-state index is -5.02. The molecule has 0 atom stereocenters. The highest BCUT2D eigenvalue weighted by Gasteiger charge is 2.50. The lowest BCUT2D eigenvalue weighted by atomic mass is 10.1. The lowest BCUT2D eigenvalue weighted by Crippen LogP contribution is -2.32. The van der Waals surface area contributed by atoms with Crippen LogP contribution in [0.3, 0.4) is 0 Å². The molecule has 0 unspecified atom stereocenters. The zero-order chi connectivity index (χ0) is 12.3. The van der Waals surface area contributed by atoms with E-state index in [-0.39, 0.29) is 10.6 Å². The summed E-state index contributed by atoms with van der Waals surface area (Å²) in [7, 11) is 0. The molecular formula is C9H4ClF3N2O. The van der Waals surface area contributed by atoms with Gasteiger partial charge in [0.15, 0.2) is 0 Å². The maximum atomic E-state index is 12.2. The Labute approximate surface area is 93.1 Å². The van der Waals surface area contributed by atoms with Gasteiger partial charge >= 0.3 is 11.9 Å². The van der Waals surface area contributed by atoms with E-state index >= 15 is 0 Å². The van der Waals surface area contributed by atoms with Gasteiger partial charge in [0.05, 0.1) is 5.02 Å². The summed E-state index contributed by atoms with van der Waals surface area (Å²) in [6.45, 7) is 0. The number of ketones is 1. The Bertz CT molecular complexity index is 478. The van der Waals surface area contributed by atoms with E-state index in [1.807, 2.05) is 4.79 Å². The number of carbonyl (C=O) groups excluding carboxylic acids is 1. The van der Waals surface area contributed by atoms with Gasteiger partial charge in [-0.15, -0.1) is 0 Å². The van der Waals surface area contributed by atoms with Crippen LogP contribution >= 0.6 is 11.6 Å². The summed E-state index contributed by atoms with van der Waals surface area (Å²) in [5.41, 5.74) is 5.92. The standard InChI is InChI=1S/C9H4ClF3N2O/c10-6-4-2-1-3-5(6)7(16)8(15-14)9(11,12)13/h1-4H. The minimum absolute atomic E-state index is 0.141. The van der Waals surface area contributed by atoms with Crippen LogP contribution in [0.2, 0.25) is 5.02 Å². The molecule has 84 valence electrons. The third-order valence-corrected chi connectivity index (χ3v) is 2.03. The Balaban J connectivity index is 3.23. The van der Waals surface area contributed by atoms with Crippen LogP contribution in [0.1, 0.15) is 10.4 Å². The lowest BCUT2D eigenvalue weighted by Gasteiger charge is -2.02. The van der Waals surface area contributed by atoms with Crippen molar-refractivity contribution in [3.63, 3.8) is 0 Å². The van der Waals surface area contributed by atoms with E-state index in [0.29, 0.717) is 0 Å². The number of rotatable bonds is 2. The quantitative estimate of drug-likeness (QED) is 0.344. The SMILES string of the molecule is [N-]=[N+]=C(C(=O)c1ccccc1Cl)C(F)(F)F. The second-order valence-corrected chi connectivity index (χ2v) is 3.16. The first kappa shape index (κ1) is 12.4. The van der Waals surface area contributed by atoms with Gasteiger partial charge in [0.25, 0.3) is 5.78 Å². The van der Waals surface area contributed by atoms with Crippen LogP contribution < -0.4 is 0 Å². The van der Waals surface area contributed by atoms with Crippen molar-refractivity contribution in [1.29, 1.82) is 0 Å². The van der Waals surface area contributed by atoms with Gasteiger partial charge in [0.2, 0.25) is 0 Å². The predicted octanol–water partition coefficient (Wildman–Crippen LogP) is 2.76. The highest BCUT2D eigenvalue weighted by atomic mass is 35.5. The van der Waals surface area contributed by atoms with Crippen molar-refractivity contribution in [2.75, 3.05) is 0 Å². The summed E-state index contributed by atoms with van der Waals surface area (Å²) in [5, 5.41) is -0.141. The lowest BCUT2D eigenvalue weighted by molar-refractivity contribution is -0.111. The number of benzene rings is 1. The van der Waals surface area contributed by atoms with Gasteiger partial charge in [-0.2, -0.15) is 18.0 Å². The van der Waals surface area contributed by atoms with Crippen molar-refractivity contribution in [1.82, 2.24) is 0 Å². The third kappa shape index (κ3) is 2.48. The van der Waals surface area contributed by atoms with E-state index < -0.39 is 17.7 Å². The molecule has 1 aromatic carbocycles. The van der Waals surface area contributed by atoms with Crippen LogP contribution in [-0.4, -0.2) is 22.5 Å². The average Bonchev–Trinajstić information content (AvgIpc) is 2.17. The van der Waals surface area contributed by atoms with Crippen molar-refractivity contribution in [2.24, 2.45) is 0 Å². The molecule has 0 saturated carbocycles. The normalized spacial score (nSPS) is 10.8. The fourth-order valence-electron chi connectivity index (χ4n) is 1.00. The third-order valence-electron chi connectivity index (χ3n) is 1.70. The summed E-state index contributed by atoms with van der Waals surface area (Å²) < 4.78 is 36.7. The van der Waals surface area contributed by atoms with Gasteiger partial charge in [0.1, 0.15) is 0 Å². The highest BCUT2D eigenvalue weighted by Crippen LogP contribution is 2.22. The molecule has 3 nitrogen and oxygen atoms in total. The summed E-state index contributed by atoms with van der Waals surface area (Å²) in [5.74, 6) is -1.47. The largest absolute Gasteiger partial charge is 0.499 e. The summed E-state index contributed by atoms with van der Waals surface area (Å²) in [6, 6.07) is 5.19. The van der Waals surface area contributed by atoms with E-state index in [9.17, 15) is 18.0 Å². The van der Waals surface area contributed by atoms with Gasteiger partial charge in [-0.25, -0.2) is 0 Å². The van der Waals surface area contributed by atoms with Gasteiger partial charge < -0.3 is 5.53 Å². The Morgan fingerprint density at radius 3 is 2.31 bits per heavy atom. The maximum Gasteiger partial charge on any atom is 0.499 e. The molecule has 0 bridgehead atoms. The van der Waals surface area contributed by atoms with E-state index in [2.05, 4.69) is 0 Å². The molecule has 0 heterocycles. The molecule has 0 amide bonds. The van der Waals surface area contributed by atoms with E-state index in [1.54, 1.807) is 0 Å². The first-order chi connectivity index (χ1) is 7.38. The molecule has 0 fully saturated rings. The molecule has 0 saturated heterocycles. The van der Waals surface area contributed by atoms with Crippen molar-refractivity contribution in [2.45, 2.75) is 6.18 Å². The smallest absolute Gasteiger partial charge is 0.361 e. The van der Waals surface area contributed by atoms with Gasteiger partial charge in [-0.05, 0) is 12.1 Å². The molecule has 0 N–H and O–H groups in total. The Morgan fingerprint density at radius 2 is 1.88 bits per heavy atom. The number of Topliss-reactive ketones (excluding diaryl/α,β-unsaturated/α-hetero) is 1. The number of nitrogens with zero attached hydrogens (tertiary/aromatic N) is 2. The van der Waals surface area contributed by atoms with Crippen LogP contribution in [0.5, 0.6) is 0 Å². The molecule has 7 heteroatoms. The fourth-order valence-corrected chi connectivity index (χ4v) is 1.23. The van der Waals surface area contributed by atoms with E-state index in [4.69, 9.17) is 17.1 Å². The average molecular weight is 249 g/mol. The topological polar surface area (TPSA) is 53.5 Å². The Kier molecular flexibility index (Phi) is 3.47. The number of hydrogen-bond acceptors (Lipinski definition) is 1. The predicted molar refractivity (Wildman–Crippen MR) is 50.5 cm³/mol. The first-order valence-electron chi connectivity index (χ1n) is 3.96.